The summed E-state index contributed by atoms with van der Waals surface area (Å²) in [5.74, 6) is 0.522. The molecule has 1 aliphatic rings. The highest BCUT2D eigenvalue weighted by molar-refractivity contribution is 5.58. The maximum Gasteiger partial charge on any atom is 0.416 e. The van der Waals surface area contributed by atoms with E-state index < -0.39 is 16.7 Å². The molecule has 0 aliphatic heterocycles. The van der Waals surface area contributed by atoms with Crippen molar-refractivity contribution < 1.29 is 22.6 Å². The molecule has 2 aromatic carbocycles. The van der Waals surface area contributed by atoms with Crippen LogP contribution in [0.1, 0.15) is 42.8 Å². The average molecular weight is 432 g/mol. The van der Waals surface area contributed by atoms with Crippen LogP contribution in [0.3, 0.4) is 0 Å². The standard InChI is InChI=1S/C21H19F3N4O3/c1-13(14-4-2-6-16(10-14)21(22,23)24)27(17-8-9-17)12-19-25-20(26-31-19)15-5-3-7-18(11-15)28(29)30/h2-7,10-11,13,17H,8-9,12H2,1H3. The number of hydrogen-bond donors (Lipinski definition) is 0. The van der Waals surface area contributed by atoms with Crippen molar-refractivity contribution in [2.75, 3.05) is 0 Å². The van der Waals surface area contributed by atoms with Crippen LogP contribution in [0.15, 0.2) is 53.1 Å². The minimum absolute atomic E-state index is 0.0818. The molecule has 1 aliphatic carbocycles. The van der Waals surface area contributed by atoms with Crippen LogP contribution in [0, 0.1) is 10.1 Å². The third-order valence-corrected chi connectivity index (χ3v) is 5.31. The number of nitro groups is 1. The van der Waals surface area contributed by atoms with Crippen LogP contribution in [0.2, 0.25) is 0 Å². The van der Waals surface area contributed by atoms with Crippen LogP contribution in [0.4, 0.5) is 18.9 Å². The summed E-state index contributed by atoms with van der Waals surface area (Å²) in [6.07, 6.45) is -2.52. The number of nitrogens with zero attached hydrogens (tertiary/aromatic N) is 4. The number of non-ortho nitro benzene ring substituents is 1. The number of benzene rings is 2. The first-order chi connectivity index (χ1) is 14.7. The molecule has 10 heteroatoms. The summed E-state index contributed by atoms with van der Waals surface area (Å²) in [7, 11) is 0. The predicted molar refractivity (Wildman–Crippen MR) is 105 cm³/mol. The van der Waals surface area contributed by atoms with Crippen LogP contribution in [0.5, 0.6) is 0 Å². The zero-order chi connectivity index (χ0) is 22.2. The van der Waals surface area contributed by atoms with E-state index >= 15 is 0 Å². The van der Waals surface area contributed by atoms with Crippen LogP contribution in [0.25, 0.3) is 11.4 Å². The SMILES string of the molecule is CC(c1cccc(C(F)(F)F)c1)N(Cc1nc(-c2cccc([N+](=O)[O-])c2)no1)C1CC1. The minimum atomic E-state index is -4.40. The van der Waals surface area contributed by atoms with E-state index in [0.29, 0.717) is 17.0 Å². The van der Waals surface area contributed by atoms with Gasteiger partial charge < -0.3 is 4.52 Å². The molecule has 1 unspecified atom stereocenters. The first-order valence-corrected chi connectivity index (χ1v) is 9.72. The quantitative estimate of drug-likeness (QED) is 0.368. The van der Waals surface area contributed by atoms with E-state index in [1.807, 2.05) is 11.8 Å². The highest BCUT2D eigenvalue weighted by Crippen LogP contribution is 2.37. The summed E-state index contributed by atoms with van der Waals surface area (Å²) in [6.45, 7) is 2.12. The molecule has 1 atom stereocenters. The van der Waals surface area contributed by atoms with Gasteiger partial charge in [-0.25, -0.2) is 0 Å². The van der Waals surface area contributed by atoms with Crippen molar-refractivity contribution >= 4 is 5.69 Å². The summed E-state index contributed by atoms with van der Waals surface area (Å²) in [6, 6.07) is 11.2. The van der Waals surface area contributed by atoms with Gasteiger partial charge in [0.2, 0.25) is 11.7 Å². The van der Waals surface area contributed by atoms with E-state index in [0.717, 1.165) is 18.9 Å². The van der Waals surface area contributed by atoms with Crippen LogP contribution >= 0.6 is 0 Å². The second-order valence-electron chi connectivity index (χ2n) is 7.52. The Balaban J connectivity index is 1.55. The van der Waals surface area contributed by atoms with Crippen LogP contribution in [-0.4, -0.2) is 26.0 Å². The molecule has 0 saturated heterocycles. The van der Waals surface area contributed by atoms with Crippen molar-refractivity contribution in [3.63, 3.8) is 0 Å². The van der Waals surface area contributed by atoms with Gasteiger partial charge >= 0.3 is 6.18 Å². The Kier molecular flexibility index (Phi) is 5.48. The van der Waals surface area contributed by atoms with Crippen LogP contribution in [-0.2, 0) is 12.7 Å². The molecule has 7 nitrogen and oxygen atoms in total. The fourth-order valence-corrected chi connectivity index (χ4v) is 3.51. The normalized spacial score (nSPS) is 15.3. The summed E-state index contributed by atoms with van der Waals surface area (Å²) in [4.78, 5) is 16.9. The number of alkyl halides is 3. The smallest absolute Gasteiger partial charge is 0.338 e. The van der Waals surface area contributed by atoms with Gasteiger partial charge in [-0.2, -0.15) is 18.2 Å². The Morgan fingerprint density at radius 2 is 1.97 bits per heavy atom. The maximum absolute atomic E-state index is 13.1. The summed E-state index contributed by atoms with van der Waals surface area (Å²) in [5, 5.41) is 14.9. The largest absolute Gasteiger partial charge is 0.416 e. The van der Waals surface area contributed by atoms with E-state index in [2.05, 4.69) is 10.1 Å². The molecule has 0 spiro atoms. The van der Waals surface area contributed by atoms with Gasteiger partial charge in [0, 0.05) is 29.8 Å². The van der Waals surface area contributed by atoms with E-state index in [-0.39, 0.29) is 30.1 Å². The zero-order valence-electron chi connectivity index (χ0n) is 16.5. The number of nitro benzene ring substituents is 1. The van der Waals surface area contributed by atoms with Gasteiger partial charge in [0.15, 0.2) is 0 Å². The molecule has 0 amide bonds. The van der Waals surface area contributed by atoms with E-state index in [1.54, 1.807) is 12.1 Å². The predicted octanol–water partition coefficient (Wildman–Crippen LogP) is 5.39. The van der Waals surface area contributed by atoms with Gasteiger partial charge in [0.25, 0.3) is 5.69 Å². The van der Waals surface area contributed by atoms with Gasteiger partial charge in [-0.1, -0.05) is 29.4 Å². The Morgan fingerprint density at radius 3 is 2.65 bits per heavy atom. The molecule has 4 rings (SSSR count). The Morgan fingerprint density at radius 1 is 1.23 bits per heavy atom. The van der Waals surface area contributed by atoms with Crippen molar-refractivity contribution in [3.05, 3.63) is 75.7 Å². The van der Waals surface area contributed by atoms with Gasteiger partial charge in [0.05, 0.1) is 17.0 Å². The number of halogens is 3. The van der Waals surface area contributed by atoms with Crippen molar-refractivity contribution in [1.29, 1.82) is 0 Å². The Bertz CT molecular complexity index is 1100. The molecular weight excluding hydrogens is 413 g/mol. The summed E-state index contributed by atoms with van der Waals surface area (Å²) >= 11 is 0. The van der Waals surface area contributed by atoms with Gasteiger partial charge in [-0.05, 0) is 37.5 Å². The third kappa shape index (κ3) is 4.74. The lowest BCUT2D eigenvalue weighted by molar-refractivity contribution is -0.384. The topological polar surface area (TPSA) is 85.3 Å². The summed E-state index contributed by atoms with van der Waals surface area (Å²) < 4.78 is 44.6. The molecule has 1 saturated carbocycles. The minimum Gasteiger partial charge on any atom is -0.338 e. The second kappa shape index (κ2) is 8.10. The molecule has 0 bridgehead atoms. The third-order valence-electron chi connectivity index (χ3n) is 5.31. The summed E-state index contributed by atoms with van der Waals surface area (Å²) in [5.41, 5.74) is 0.244. The van der Waals surface area contributed by atoms with Crippen molar-refractivity contribution in [1.82, 2.24) is 15.0 Å². The molecular formula is C21H19F3N4O3. The number of hydrogen-bond acceptors (Lipinski definition) is 6. The maximum atomic E-state index is 13.1. The molecule has 1 heterocycles. The van der Waals surface area contributed by atoms with Crippen molar-refractivity contribution in [3.8, 4) is 11.4 Å². The molecule has 31 heavy (non-hydrogen) atoms. The van der Waals surface area contributed by atoms with Gasteiger partial charge in [0.1, 0.15) is 0 Å². The zero-order valence-corrected chi connectivity index (χ0v) is 16.5. The molecule has 162 valence electrons. The molecule has 0 radical (unpaired) electrons. The second-order valence-corrected chi connectivity index (χ2v) is 7.52. The van der Waals surface area contributed by atoms with Crippen molar-refractivity contribution in [2.24, 2.45) is 0 Å². The lowest BCUT2D eigenvalue weighted by Gasteiger charge is -2.28. The molecule has 0 N–H and O–H groups in total. The van der Waals surface area contributed by atoms with E-state index in [9.17, 15) is 23.3 Å². The average Bonchev–Trinajstić information content (AvgIpc) is 3.48. The molecule has 3 aromatic rings. The Hall–Kier alpha value is -3.27. The first-order valence-electron chi connectivity index (χ1n) is 9.72. The van der Waals surface area contributed by atoms with Crippen LogP contribution < -0.4 is 0 Å². The lowest BCUT2D eigenvalue weighted by atomic mass is 10.0. The molecule has 1 aromatic heterocycles. The first kappa shape index (κ1) is 21.0. The van der Waals surface area contributed by atoms with Crippen molar-refractivity contribution in [2.45, 2.75) is 44.6 Å². The van der Waals surface area contributed by atoms with E-state index in [4.69, 9.17) is 4.52 Å². The lowest BCUT2D eigenvalue weighted by Crippen LogP contribution is -2.29. The Labute approximate surface area is 175 Å². The van der Waals surface area contributed by atoms with Gasteiger partial charge in [-0.15, -0.1) is 0 Å². The highest BCUT2D eigenvalue weighted by Gasteiger charge is 2.35. The monoisotopic (exact) mass is 432 g/mol. The fraction of sp³-hybridized carbons (Fsp3) is 0.333. The number of rotatable bonds is 7. The molecule has 1 fully saturated rings. The van der Waals surface area contributed by atoms with Gasteiger partial charge in [-0.3, -0.25) is 15.0 Å². The van der Waals surface area contributed by atoms with E-state index in [1.165, 1.54) is 30.3 Å². The highest BCUT2D eigenvalue weighted by atomic mass is 19.4. The number of aromatic nitrogens is 2. The fourth-order valence-electron chi connectivity index (χ4n) is 3.51.